The van der Waals surface area contributed by atoms with Crippen LogP contribution in [0.15, 0.2) is 29.4 Å². The Hall–Kier alpha value is -1.84. The molecule has 0 radical (unpaired) electrons. The van der Waals surface area contributed by atoms with Gasteiger partial charge >= 0.3 is 6.09 Å². The highest BCUT2D eigenvalue weighted by Crippen LogP contribution is 2.00. The van der Waals surface area contributed by atoms with Crippen molar-refractivity contribution in [3.63, 3.8) is 0 Å². The fourth-order valence-corrected chi connectivity index (χ4v) is 1.07. The number of hydrogen-bond donors (Lipinski definition) is 1. The first kappa shape index (κ1) is 11.2. The fraction of sp³-hybridized carbons (Fsp3) is 0.273. The van der Waals surface area contributed by atoms with Crippen molar-refractivity contribution in [3.8, 4) is 0 Å². The van der Waals surface area contributed by atoms with Gasteiger partial charge < -0.3 is 4.74 Å². The molecule has 4 nitrogen and oxygen atoms in total. The number of hydrazone groups is 1. The molecule has 0 aliphatic heterocycles. The van der Waals surface area contributed by atoms with E-state index in [2.05, 4.69) is 15.3 Å². The van der Waals surface area contributed by atoms with Crippen LogP contribution in [0.5, 0.6) is 0 Å². The van der Waals surface area contributed by atoms with E-state index in [9.17, 15) is 4.79 Å². The third-order valence-corrected chi connectivity index (χ3v) is 1.69. The van der Waals surface area contributed by atoms with Crippen LogP contribution in [-0.4, -0.2) is 18.9 Å². The maximum atomic E-state index is 10.9. The molecule has 0 saturated carbocycles. The maximum Gasteiger partial charge on any atom is 0.427 e. The summed E-state index contributed by atoms with van der Waals surface area (Å²) in [6.07, 6.45) is 1.03. The molecule has 1 aromatic rings. The maximum absolute atomic E-state index is 10.9. The molecule has 0 saturated heterocycles. The first-order valence-corrected chi connectivity index (χ1v) is 4.75. The highest BCUT2D eigenvalue weighted by atomic mass is 16.5. The van der Waals surface area contributed by atoms with E-state index in [1.54, 1.807) is 13.1 Å². The number of rotatable bonds is 3. The normalized spacial score (nSPS) is 10.3. The van der Waals surface area contributed by atoms with Crippen LogP contribution in [0.1, 0.15) is 18.1 Å². The average Bonchev–Trinajstić information content (AvgIpc) is 2.18. The molecule has 0 aliphatic carbocycles. The first-order chi connectivity index (χ1) is 7.22. The van der Waals surface area contributed by atoms with Gasteiger partial charge in [0.15, 0.2) is 0 Å². The largest absolute Gasteiger partial charge is 0.449 e. The molecular formula is C11H14N2O2. The summed E-state index contributed by atoms with van der Waals surface area (Å²) in [6.45, 7) is 4.08. The number of amides is 1. The third kappa shape index (κ3) is 4.26. The number of nitrogens with one attached hydrogen (secondary N) is 1. The van der Waals surface area contributed by atoms with Crippen molar-refractivity contribution < 1.29 is 9.53 Å². The number of aryl methyl sites for hydroxylation is 1. The molecule has 4 heteroatoms. The molecule has 0 fully saturated rings. The molecule has 0 spiro atoms. The van der Waals surface area contributed by atoms with Crippen molar-refractivity contribution in [1.29, 1.82) is 0 Å². The molecule has 0 aromatic heterocycles. The zero-order valence-electron chi connectivity index (χ0n) is 8.86. The highest BCUT2D eigenvalue weighted by Gasteiger charge is 1.95. The molecule has 0 atom stereocenters. The zero-order valence-corrected chi connectivity index (χ0v) is 8.86. The van der Waals surface area contributed by atoms with Crippen molar-refractivity contribution in [2.24, 2.45) is 5.10 Å². The Balaban J connectivity index is 2.48. The minimum absolute atomic E-state index is 0.339. The molecule has 1 N–H and O–H groups in total. The lowest BCUT2D eigenvalue weighted by Crippen LogP contribution is -2.18. The van der Waals surface area contributed by atoms with Crippen LogP contribution in [0.25, 0.3) is 0 Å². The van der Waals surface area contributed by atoms with Crippen molar-refractivity contribution in [3.05, 3.63) is 35.4 Å². The Bertz CT molecular complexity index is 361. The number of carbonyl (C=O) groups excluding carboxylic acids is 1. The van der Waals surface area contributed by atoms with Gasteiger partial charge in [0.2, 0.25) is 0 Å². The smallest absolute Gasteiger partial charge is 0.427 e. The van der Waals surface area contributed by atoms with Gasteiger partial charge in [0.25, 0.3) is 0 Å². The molecular weight excluding hydrogens is 192 g/mol. The molecule has 80 valence electrons. The van der Waals surface area contributed by atoms with Gasteiger partial charge in [-0.1, -0.05) is 29.8 Å². The van der Waals surface area contributed by atoms with Crippen LogP contribution in [0.3, 0.4) is 0 Å². The van der Waals surface area contributed by atoms with E-state index in [1.807, 2.05) is 31.2 Å². The van der Waals surface area contributed by atoms with Gasteiger partial charge in [0.05, 0.1) is 12.8 Å². The minimum atomic E-state index is -0.540. The monoisotopic (exact) mass is 206 g/mol. The summed E-state index contributed by atoms with van der Waals surface area (Å²) in [6, 6.07) is 7.80. The minimum Gasteiger partial charge on any atom is -0.449 e. The lowest BCUT2D eigenvalue weighted by Gasteiger charge is -1.99. The number of benzene rings is 1. The van der Waals surface area contributed by atoms with Crippen molar-refractivity contribution in [1.82, 2.24) is 5.43 Å². The Morgan fingerprint density at radius 3 is 3.07 bits per heavy atom. The van der Waals surface area contributed by atoms with Gasteiger partial charge in [-0.3, -0.25) is 0 Å². The Kier molecular flexibility index (Phi) is 4.34. The van der Waals surface area contributed by atoms with Crippen molar-refractivity contribution in [2.75, 3.05) is 6.61 Å². The Morgan fingerprint density at radius 1 is 1.60 bits per heavy atom. The molecule has 0 bridgehead atoms. The molecule has 0 unspecified atom stereocenters. The van der Waals surface area contributed by atoms with E-state index in [1.165, 1.54) is 0 Å². The predicted octanol–water partition coefficient (Wildman–Crippen LogP) is 2.08. The van der Waals surface area contributed by atoms with E-state index in [0.717, 1.165) is 11.1 Å². The lowest BCUT2D eigenvalue weighted by molar-refractivity contribution is 0.152. The summed E-state index contributed by atoms with van der Waals surface area (Å²) in [5.74, 6) is 0. The molecule has 1 rings (SSSR count). The van der Waals surface area contributed by atoms with Gasteiger partial charge in [0, 0.05) is 0 Å². The molecule has 15 heavy (non-hydrogen) atoms. The zero-order chi connectivity index (χ0) is 11.1. The van der Waals surface area contributed by atoms with E-state index in [-0.39, 0.29) is 0 Å². The molecule has 0 heterocycles. The van der Waals surface area contributed by atoms with E-state index in [0.29, 0.717) is 6.61 Å². The SMILES string of the molecule is CCOC(=O)NN=Cc1cccc(C)c1. The third-order valence-electron chi connectivity index (χ3n) is 1.69. The van der Waals surface area contributed by atoms with E-state index >= 15 is 0 Å². The predicted molar refractivity (Wildman–Crippen MR) is 58.9 cm³/mol. The fourth-order valence-electron chi connectivity index (χ4n) is 1.07. The number of nitrogens with zero attached hydrogens (tertiary/aromatic N) is 1. The molecule has 0 aliphatic rings. The highest BCUT2D eigenvalue weighted by molar-refractivity contribution is 5.81. The van der Waals surface area contributed by atoms with Gasteiger partial charge in [-0.2, -0.15) is 5.10 Å². The summed E-state index contributed by atoms with van der Waals surface area (Å²) in [5, 5.41) is 3.75. The van der Waals surface area contributed by atoms with Gasteiger partial charge in [-0.25, -0.2) is 10.2 Å². The van der Waals surface area contributed by atoms with Crippen LogP contribution in [0.4, 0.5) is 4.79 Å². The van der Waals surface area contributed by atoms with Crippen LogP contribution in [0, 0.1) is 6.92 Å². The average molecular weight is 206 g/mol. The van der Waals surface area contributed by atoms with E-state index < -0.39 is 6.09 Å². The van der Waals surface area contributed by atoms with Gasteiger partial charge in [-0.05, 0) is 19.4 Å². The van der Waals surface area contributed by atoms with Gasteiger partial charge in [-0.15, -0.1) is 0 Å². The standard InChI is InChI=1S/C11H14N2O2/c1-3-15-11(14)13-12-8-10-6-4-5-9(2)7-10/h4-8H,3H2,1-2H3,(H,13,14). The Morgan fingerprint density at radius 2 is 2.40 bits per heavy atom. The summed E-state index contributed by atoms with van der Waals surface area (Å²) in [4.78, 5) is 10.9. The van der Waals surface area contributed by atoms with Crippen LogP contribution in [0.2, 0.25) is 0 Å². The summed E-state index contributed by atoms with van der Waals surface area (Å²) < 4.78 is 4.64. The molecule has 1 aromatic carbocycles. The van der Waals surface area contributed by atoms with Crippen LogP contribution < -0.4 is 5.43 Å². The van der Waals surface area contributed by atoms with Crippen molar-refractivity contribution in [2.45, 2.75) is 13.8 Å². The second-order valence-corrected chi connectivity index (χ2v) is 3.00. The summed E-state index contributed by atoms with van der Waals surface area (Å²) in [5.41, 5.74) is 4.34. The molecule has 1 amide bonds. The quantitative estimate of drug-likeness (QED) is 0.608. The van der Waals surface area contributed by atoms with Gasteiger partial charge in [0.1, 0.15) is 0 Å². The topological polar surface area (TPSA) is 50.7 Å². The van der Waals surface area contributed by atoms with E-state index in [4.69, 9.17) is 0 Å². The second kappa shape index (κ2) is 5.80. The number of carbonyl (C=O) groups is 1. The van der Waals surface area contributed by atoms with Crippen LogP contribution in [-0.2, 0) is 4.74 Å². The lowest BCUT2D eigenvalue weighted by atomic mass is 10.2. The van der Waals surface area contributed by atoms with Crippen LogP contribution >= 0.6 is 0 Å². The first-order valence-electron chi connectivity index (χ1n) is 4.75. The summed E-state index contributed by atoms with van der Waals surface area (Å²) >= 11 is 0. The summed E-state index contributed by atoms with van der Waals surface area (Å²) in [7, 11) is 0. The number of ether oxygens (including phenoxy) is 1. The van der Waals surface area contributed by atoms with Crippen molar-refractivity contribution >= 4 is 12.3 Å². The second-order valence-electron chi connectivity index (χ2n) is 3.00. The number of hydrogen-bond acceptors (Lipinski definition) is 3. The Labute approximate surface area is 88.9 Å².